The highest BCUT2D eigenvalue weighted by Crippen LogP contribution is 2.40. The number of carboxylic acid groups (broad SMARTS) is 1. The van der Waals surface area contributed by atoms with Gasteiger partial charge in [-0.3, -0.25) is 14.8 Å². The molecule has 27 heteroatoms. The van der Waals surface area contributed by atoms with Gasteiger partial charge in [-0.2, -0.15) is 17.2 Å². The van der Waals surface area contributed by atoms with Crippen LogP contribution < -0.4 is 20.5 Å². The minimum Gasteiger partial charge on any atom is -0.478 e. The van der Waals surface area contributed by atoms with E-state index in [2.05, 4.69) is 86.0 Å². The standard InChI is InChI=1S/C38H53FN6O5S.C28H43N5O4S.C10H12FNO2/c1-35(2,3)28-15-12-14-26(40-28)27(20-18-24-22-38(10,11)45(23-24)34(47)50-37(7,8)9)41-30-16-13-17-31(43-30)51(48,49)44-33(46)25-19-21-29(36(4,5)6)42-32(25)39;1-26(2,3)22-12-9-11-20(30-22)21(31-23-13-10-14-24(32-23)38(29,35)36)16-15-19-17-28(7,8)33(18-19)25(34)37-27(4,5)6;1-10(2,3)7-5-4-6(9(13)14)8(11)12-7/h12-17,19,21,24,27H,18,20,22-23H2,1-11H3,(H,41,43)(H,44,46);9-14,19,21H,15-18H2,1-8H3,(H,31,32)(H2,29,35,36);4-5H,1-3H3,(H,13,14)/t24-,27?;19-,21?;/m00./s1. The zero-order valence-electron chi connectivity index (χ0n) is 64.0. The second-order valence-corrected chi connectivity index (χ2v) is 37.1. The number of anilines is 2. The summed E-state index contributed by atoms with van der Waals surface area (Å²) in [7, 11) is -8.42. The molecule has 4 atom stereocenters. The number of primary sulfonamides is 1. The van der Waals surface area contributed by atoms with Crippen molar-refractivity contribution in [3.8, 4) is 0 Å². The molecule has 2 saturated heterocycles. The van der Waals surface area contributed by atoms with Crippen LogP contribution in [0.15, 0.2) is 107 Å². The molecule has 0 radical (unpaired) electrons. The molecule has 8 heterocycles. The van der Waals surface area contributed by atoms with E-state index in [-0.39, 0.29) is 74.3 Å². The fourth-order valence-electron chi connectivity index (χ4n) is 11.9. The number of pyridine rings is 6. The van der Waals surface area contributed by atoms with Crippen molar-refractivity contribution in [1.82, 2.24) is 44.4 Å². The normalized spacial score (nSPS) is 17.0. The molecule has 2 aliphatic rings. The molecule has 6 aromatic rings. The number of carbonyl (C=O) groups is 4. The molecule has 23 nitrogen and oxygen atoms in total. The Labute approximate surface area is 608 Å². The second kappa shape index (κ2) is 32.0. The maximum Gasteiger partial charge on any atom is 0.410 e. The highest BCUT2D eigenvalue weighted by Gasteiger charge is 2.45. The Kier molecular flexibility index (Phi) is 26.0. The van der Waals surface area contributed by atoms with Gasteiger partial charge in [0.1, 0.15) is 28.4 Å². The molecule has 103 heavy (non-hydrogen) atoms. The Morgan fingerprint density at radius 1 is 0.515 bits per heavy atom. The van der Waals surface area contributed by atoms with Gasteiger partial charge in [-0.25, -0.2) is 52.6 Å². The number of nitrogens with one attached hydrogen (secondary N) is 3. The number of ether oxygens (including phenoxy) is 2. The zero-order chi connectivity index (χ0) is 77.6. The lowest BCUT2D eigenvalue weighted by Crippen LogP contribution is -2.45. The minimum absolute atomic E-state index is 0.129. The molecule has 2 unspecified atom stereocenters. The topological polar surface area (TPSA) is 321 Å². The number of aromatic carboxylic acids is 1. The highest BCUT2D eigenvalue weighted by atomic mass is 32.2. The summed E-state index contributed by atoms with van der Waals surface area (Å²) < 4.78 is 91.6. The third-order valence-electron chi connectivity index (χ3n) is 17.3. The number of halogens is 2. The number of hydrogen-bond acceptors (Lipinski definition) is 18. The fraction of sp³-hybridized carbons (Fsp3) is 0.553. The van der Waals surface area contributed by atoms with Gasteiger partial charge >= 0.3 is 18.2 Å². The van der Waals surface area contributed by atoms with Gasteiger partial charge in [0.05, 0.1) is 29.0 Å². The van der Waals surface area contributed by atoms with Crippen LogP contribution in [0.25, 0.3) is 0 Å². The van der Waals surface area contributed by atoms with E-state index in [0.717, 1.165) is 48.5 Å². The average Bonchev–Trinajstić information content (AvgIpc) is 1.72. The second-order valence-electron chi connectivity index (χ2n) is 34.0. The SMILES string of the molecule is CC(C)(C)OC(=O)N1C[C@@H](CCC(Nc2cccc(S(=O)(=O)NC(=O)c3ccc(C(C)(C)C)nc3F)n2)c2cccc(C(C)(C)C)n2)CC1(C)C.CC(C)(C)OC(=O)N1C[C@@H](CCC(Nc2cccc(S(N)(=O)=O)n2)c2cccc(C(C)(C)C)n2)CC1(C)C.CC(C)(C)c1ccc(C(=O)O)c(F)n1. The van der Waals surface area contributed by atoms with E-state index in [1.54, 1.807) is 23.1 Å². The van der Waals surface area contributed by atoms with E-state index in [1.165, 1.54) is 42.5 Å². The molecular formula is C76H108F2N12O11S2. The van der Waals surface area contributed by atoms with Crippen molar-refractivity contribution in [2.75, 3.05) is 23.7 Å². The van der Waals surface area contributed by atoms with Crippen molar-refractivity contribution < 1.29 is 59.4 Å². The van der Waals surface area contributed by atoms with Gasteiger partial charge in [0.2, 0.25) is 11.9 Å². The lowest BCUT2D eigenvalue weighted by Gasteiger charge is -2.33. The summed E-state index contributed by atoms with van der Waals surface area (Å²) >= 11 is 0. The minimum atomic E-state index is -4.49. The molecule has 564 valence electrons. The van der Waals surface area contributed by atoms with Gasteiger partial charge < -0.3 is 35.0 Å². The van der Waals surface area contributed by atoms with Gasteiger partial charge in [-0.15, -0.1) is 0 Å². The van der Waals surface area contributed by atoms with E-state index in [0.29, 0.717) is 43.1 Å². The molecule has 0 aromatic carbocycles. The predicted octanol–water partition coefficient (Wildman–Crippen LogP) is 15.3. The molecule has 6 N–H and O–H groups in total. The number of amides is 3. The van der Waals surface area contributed by atoms with Crippen LogP contribution in [-0.2, 0) is 51.2 Å². The number of nitrogens with zero attached hydrogens (tertiary/aromatic N) is 8. The Morgan fingerprint density at radius 3 is 1.21 bits per heavy atom. The van der Waals surface area contributed by atoms with Crippen LogP contribution in [0.3, 0.4) is 0 Å². The molecule has 0 spiro atoms. The van der Waals surface area contributed by atoms with Crippen LogP contribution >= 0.6 is 0 Å². The highest BCUT2D eigenvalue weighted by molar-refractivity contribution is 7.90. The number of aromatic nitrogens is 6. The van der Waals surface area contributed by atoms with Crippen molar-refractivity contribution in [1.29, 1.82) is 0 Å². The summed E-state index contributed by atoms with van der Waals surface area (Å²) in [5.41, 5.74) is 0.608. The van der Waals surface area contributed by atoms with E-state index in [9.17, 15) is 44.8 Å². The largest absolute Gasteiger partial charge is 0.478 e. The molecule has 0 saturated carbocycles. The van der Waals surface area contributed by atoms with Crippen molar-refractivity contribution in [2.24, 2.45) is 17.0 Å². The maximum atomic E-state index is 14.8. The zero-order valence-corrected chi connectivity index (χ0v) is 65.6. The number of hydrogen-bond donors (Lipinski definition) is 5. The number of carbonyl (C=O) groups excluding carboxylic acids is 3. The summed E-state index contributed by atoms with van der Waals surface area (Å²) in [6, 6.07) is 25.9. The summed E-state index contributed by atoms with van der Waals surface area (Å²) in [6.07, 6.45) is 3.91. The van der Waals surface area contributed by atoms with Gasteiger partial charge in [0.25, 0.3) is 26.0 Å². The van der Waals surface area contributed by atoms with E-state index in [4.69, 9.17) is 29.7 Å². The van der Waals surface area contributed by atoms with Crippen LogP contribution in [-0.4, -0.2) is 121 Å². The first-order valence-corrected chi connectivity index (χ1v) is 37.7. The van der Waals surface area contributed by atoms with Crippen LogP contribution in [0.2, 0.25) is 0 Å². The molecule has 2 aliphatic heterocycles. The van der Waals surface area contributed by atoms with Crippen LogP contribution in [0.5, 0.6) is 0 Å². The summed E-state index contributed by atoms with van der Waals surface area (Å²) in [5.74, 6) is -3.32. The van der Waals surface area contributed by atoms with E-state index in [1.807, 2.05) is 143 Å². The number of nitrogens with two attached hydrogens (primary N) is 1. The Morgan fingerprint density at radius 2 is 0.864 bits per heavy atom. The predicted molar refractivity (Wildman–Crippen MR) is 395 cm³/mol. The maximum absolute atomic E-state index is 14.8. The fourth-order valence-corrected chi connectivity index (χ4v) is 13.3. The number of carboxylic acids is 1. The molecule has 0 bridgehead atoms. The number of rotatable bonds is 17. The van der Waals surface area contributed by atoms with Crippen molar-refractivity contribution in [2.45, 2.75) is 257 Å². The molecule has 3 amide bonds. The van der Waals surface area contributed by atoms with Crippen LogP contribution in [0.1, 0.15) is 258 Å². The van der Waals surface area contributed by atoms with Crippen molar-refractivity contribution >= 4 is 55.7 Å². The number of sulfonamides is 2. The van der Waals surface area contributed by atoms with E-state index < -0.39 is 76.6 Å². The molecule has 8 rings (SSSR count). The summed E-state index contributed by atoms with van der Waals surface area (Å²) in [4.78, 5) is 79.0. The monoisotopic (exact) mass is 1470 g/mol. The first kappa shape index (κ1) is 83.6. The third-order valence-corrected chi connectivity index (χ3v) is 19.3. The van der Waals surface area contributed by atoms with E-state index >= 15 is 0 Å². The molecule has 0 aliphatic carbocycles. The summed E-state index contributed by atoms with van der Waals surface area (Å²) in [6.45, 7) is 44.4. The molecule has 2 fully saturated rings. The van der Waals surface area contributed by atoms with Crippen LogP contribution in [0.4, 0.5) is 30.0 Å². The average molecular weight is 1470 g/mol. The Bertz CT molecular complexity index is 4250. The molecule has 6 aromatic heterocycles. The van der Waals surface area contributed by atoms with Gasteiger partial charge in [0, 0.05) is 68.6 Å². The molecular weight excluding hydrogens is 1360 g/mol. The quantitative estimate of drug-likeness (QED) is 0.0530. The Hall–Kier alpha value is -8.30. The van der Waals surface area contributed by atoms with Gasteiger partial charge in [0.15, 0.2) is 10.1 Å². The first-order valence-electron chi connectivity index (χ1n) is 34.6. The Balaban J connectivity index is 0.000000279. The van der Waals surface area contributed by atoms with Gasteiger partial charge in [-0.05, 0) is 192 Å². The van der Waals surface area contributed by atoms with Gasteiger partial charge in [-0.1, -0.05) is 107 Å². The van der Waals surface area contributed by atoms with Crippen molar-refractivity contribution in [3.05, 3.63) is 154 Å². The lowest BCUT2D eigenvalue weighted by molar-refractivity contribution is 0.0118. The van der Waals surface area contributed by atoms with Crippen LogP contribution in [0, 0.1) is 23.7 Å². The summed E-state index contributed by atoms with van der Waals surface area (Å²) in [5, 5.41) is 20.1. The lowest BCUT2D eigenvalue weighted by atomic mass is 9.90. The third kappa shape index (κ3) is 24.1. The number of likely N-dealkylation sites (tertiary alicyclic amines) is 2. The smallest absolute Gasteiger partial charge is 0.410 e. The first-order chi connectivity index (χ1) is 47.0. The van der Waals surface area contributed by atoms with Crippen molar-refractivity contribution in [3.63, 3.8) is 0 Å².